The van der Waals surface area contributed by atoms with Crippen LogP contribution in [0.3, 0.4) is 0 Å². The molecular weight excluding hydrogens is 434 g/mol. The van der Waals surface area contributed by atoms with Crippen molar-refractivity contribution in [3.05, 3.63) is 70.7 Å². The summed E-state index contributed by atoms with van der Waals surface area (Å²) in [5, 5.41) is 8.64. The van der Waals surface area contributed by atoms with E-state index < -0.39 is 5.91 Å². The topological polar surface area (TPSA) is 93.2 Å². The number of fused-ring (bicyclic) bond motifs is 1. The monoisotopic (exact) mass is 459 g/mol. The van der Waals surface area contributed by atoms with Crippen molar-refractivity contribution < 1.29 is 9.59 Å². The maximum atomic E-state index is 13.3. The van der Waals surface area contributed by atoms with Crippen molar-refractivity contribution in [1.29, 1.82) is 0 Å². The van der Waals surface area contributed by atoms with Gasteiger partial charge >= 0.3 is 0 Å². The van der Waals surface area contributed by atoms with Crippen LogP contribution in [-0.2, 0) is 0 Å². The fourth-order valence-electron chi connectivity index (χ4n) is 4.29. The van der Waals surface area contributed by atoms with Gasteiger partial charge in [-0.25, -0.2) is 4.68 Å². The molecule has 0 unspecified atom stereocenters. The van der Waals surface area contributed by atoms with Crippen LogP contribution in [0.1, 0.15) is 45.0 Å². The number of piperidine rings is 1. The summed E-state index contributed by atoms with van der Waals surface area (Å²) in [7, 11) is 0. The summed E-state index contributed by atoms with van der Waals surface area (Å²) < 4.78 is 1.87. The molecule has 2 amide bonds. The average molecular weight is 460 g/mol. The predicted octanol–water partition coefficient (Wildman–Crippen LogP) is 4.74. The number of hydrogen-bond donors (Lipinski definition) is 2. The lowest BCUT2D eigenvalue weighted by molar-refractivity contribution is 0.0996. The summed E-state index contributed by atoms with van der Waals surface area (Å²) in [5.41, 5.74) is 9.22. The van der Waals surface area contributed by atoms with Crippen LogP contribution in [0.2, 0.25) is 0 Å². The lowest BCUT2D eigenvalue weighted by Crippen LogP contribution is -2.30. The number of amides is 2. The minimum Gasteiger partial charge on any atom is -0.370 e. The summed E-state index contributed by atoms with van der Waals surface area (Å²) >= 11 is 1.40. The smallest absolute Gasteiger partial charge is 0.265 e. The maximum absolute atomic E-state index is 13.3. The third-order valence-corrected chi connectivity index (χ3v) is 7.10. The van der Waals surface area contributed by atoms with E-state index in [0.717, 1.165) is 53.2 Å². The summed E-state index contributed by atoms with van der Waals surface area (Å²) in [6.07, 6.45) is 3.42. The lowest BCUT2D eigenvalue weighted by Gasteiger charge is -2.30. The van der Waals surface area contributed by atoms with E-state index in [4.69, 9.17) is 5.73 Å². The number of benzene rings is 2. The van der Waals surface area contributed by atoms with Gasteiger partial charge in [-0.2, -0.15) is 5.10 Å². The number of aryl methyl sites for hydroxylation is 1. The Morgan fingerprint density at radius 3 is 2.52 bits per heavy atom. The molecule has 33 heavy (non-hydrogen) atoms. The zero-order valence-electron chi connectivity index (χ0n) is 18.4. The molecule has 1 saturated heterocycles. The van der Waals surface area contributed by atoms with Crippen molar-refractivity contribution in [3.63, 3.8) is 0 Å². The zero-order valence-corrected chi connectivity index (χ0v) is 19.2. The molecule has 1 aliphatic rings. The molecule has 8 heteroatoms. The molecule has 2 aromatic heterocycles. The molecular formula is C25H25N5O2S. The molecule has 2 aromatic carbocycles. The van der Waals surface area contributed by atoms with Crippen LogP contribution in [0, 0.1) is 6.92 Å². The number of anilines is 2. The van der Waals surface area contributed by atoms with Crippen LogP contribution in [0.15, 0.2) is 54.6 Å². The minimum atomic E-state index is -0.517. The molecule has 3 heterocycles. The van der Waals surface area contributed by atoms with Gasteiger partial charge in [0, 0.05) is 24.0 Å². The molecule has 4 aromatic rings. The number of hydrogen-bond acceptors (Lipinski definition) is 5. The van der Waals surface area contributed by atoms with Gasteiger partial charge in [-0.1, -0.05) is 18.2 Å². The Bertz CT molecular complexity index is 1340. The van der Waals surface area contributed by atoms with E-state index in [-0.39, 0.29) is 5.91 Å². The van der Waals surface area contributed by atoms with E-state index >= 15 is 0 Å². The van der Waals surface area contributed by atoms with Crippen molar-refractivity contribution in [1.82, 2.24) is 9.78 Å². The van der Waals surface area contributed by atoms with Crippen LogP contribution in [0.5, 0.6) is 0 Å². The first-order valence-electron chi connectivity index (χ1n) is 11.1. The molecule has 0 bridgehead atoms. The van der Waals surface area contributed by atoms with Crippen molar-refractivity contribution in [2.24, 2.45) is 5.73 Å². The maximum Gasteiger partial charge on any atom is 0.265 e. The molecule has 0 saturated carbocycles. The highest BCUT2D eigenvalue weighted by atomic mass is 32.1. The van der Waals surface area contributed by atoms with Crippen LogP contribution in [0.4, 0.5) is 11.4 Å². The first-order valence-corrected chi connectivity index (χ1v) is 11.9. The van der Waals surface area contributed by atoms with Gasteiger partial charge in [-0.3, -0.25) is 9.59 Å². The Hall–Kier alpha value is -3.65. The number of primary amides is 1. The van der Waals surface area contributed by atoms with E-state index in [2.05, 4.69) is 15.3 Å². The van der Waals surface area contributed by atoms with Gasteiger partial charge < -0.3 is 16.0 Å². The Balaban J connectivity index is 1.49. The van der Waals surface area contributed by atoms with Crippen LogP contribution in [-0.4, -0.2) is 34.7 Å². The molecule has 0 atom stereocenters. The molecule has 3 N–H and O–H groups in total. The summed E-state index contributed by atoms with van der Waals surface area (Å²) in [6.45, 7) is 3.79. The number of para-hydroxylation sites is 1. The van der Waals surface area contributed by atoms with Crippen molar-refractivity contribution in [2.75, 3.05) is 23.3 Å². The number of carbonyl (C=O) groups excluding carboxylic acids is 2. The SMILES string of the molecule is Cc1nn(-c2ccccc2)c2sc(C(=O)Nc3cc(C(N)=O)ccc3N3CCCCC3)cc12. The van der Waals surface area contributed by atoms with Crippen LogP contribution >= 0.6 is 11.3 Å². The van der Waals surface area contributed by atoms with Gasteiger partial charge in [0.25, 0.3) is 5.91 Å². The summed E-state index contributed by atoms with van der Waals surface area (Å²) in [4.78, 5) is 28.8. The highest BCUT2D eigenvalue weighted by molar-refractivity contribution is 7.20. The largest absolute Gasteiger partial charge is 0.370 e. The molecule has 0 aliphatic carbocycles. The third-order valence-electron chi connectivity index (χ3n) is 6.00. The molecule has 7 nitrogen and oxygen atoms in total. The molecule has 0 spiro atoms. The van der Waals surface area contributed by atoms with Crippen molar-refractivity contribution >= 4 is 44.7 Å². The van der Waals surface area contributed by atoms with E-state index in [1.165, 1.54) is 17.8 Å². The minimum absolute atomic E-state index is 0.213. The van der Waals surface area contributed by atoms with Crippen molar-refractivity contribution in [3.8, 4) is 5.69 Å². The van der Waals surface area contributed by atoms with E-state index in [0.29, 0.717) is 16.1 Å². The van der Waals surface area contributed by atoms with E-state index in [1.54, 1.807) is 12.1 Å². The van der Waals surface area contributed by atoms with Gasteiger partial charge in [-0.05, 0) is 62.6 Å². The highest BCUT2D eigenvalue weighted by Gasteiger charge is 2.21. The predicted molar refractivity (Wildman–Crippen MR) is 133 cm³/mol. The zero-order chi connectivity index (χ0) is 22.9. The number of nitrogens with zero attached hydrogens (tertiary/aromatic N) is 3. The number of aromatic nitrogens is 2. The fraction of sp³-hybridized carbons (Fsp3) is 0.240. The first kappa shape index (κ1) is 21.2. The van der Waals surface area contributed by atoms with Crippen molar-refractivity contribution in [2.45, 2.75) is 26.2 Å². The third kappa shape index (κ3) is 4.09. The first-order chi connectivity index (χ1) is 16.0. The van der Waals surface area contributed by atoms with Crippen LogP contribution < -0.4 is 16.0 Å². The Morgan fingerprint density at radius 2 is 1.79 bits per heavy atom. The summed E-state index contributed by atoms with van der Waals surface area (Å²) in [6, 6.07) is 17.0. The van der Waals surface area contributed by atoms with Gasteiger partial charge in [0.15, 0.2) is 0 Å². The number of thiophene rings is 1. The molecule has 0 radical (unpaired) electrons. The molecule has 168 valence electrons. The second-order valence-electron chi connectivity index (χ2n) is 8.26. The average Bonchev–Trinajstić information content (AvgIpc) is 3.41. The second-order valence-corrected chi connectivity index (χ2v) is 9.29. The number of nitrogens with one attached hydrogen (secondary N) is 1. The van der Waals surface area contributed by atoms with Gasteiger partial charge in [0.2, 0.25) is 5.91 Å². The fourth-order valence-corrected chi connectivity index (χ4v) is 5.37. The van der Waals surface area contributed by atoms with Crippen LogP contribution in [0.25, 0.3) is 15.9 Å². The standard InChI is InChI=1S/C25H25N5O2S/c1-16-19-15-22(33-25(19)30(28-16)18-8-4-2-5-9-18)24(32)27-20-14-17(23(26)31)10-11-21(20)29-12-6-3-7-13-29/h2,4-5,8-11,14-15H,3,6-7,12-13H2,1H3,(H2,26,31)(H,27,32). The van der Waals surface area contributed by atoms with E-state index in [9.17, 15) is 9.59 Å². The van der Waals surface area contributed by atoms with E-state index in [1.807, 2.05) is 54.1 Å². The molecule has 1 fully saturated rings. The Morgan fingerprint density at radius 1 is 1.03 bits per heavy atom. The highest BCUT2D eigenvalue weighted by Crippen LogP contribution is 2.33. The van der Waals surface area contributed by atoms with Gasteiger partial charge in [-0.15, -0.1) is 11.3 Å². The van der Waals surface area contributed by atoms with Gasteiger partial charge in [0.1, 0.15) is 4.83 Å². The molecule has 1 aliphatic heterocycles. The number of carbonyl (C=O) groups is 2. The van der Waals surface area contributed by atoms with Gasteiger partial charge in [0.05, 0.1) is 27.6 Å². The Labute approximate surface area is 195 Å². The summed E-state index contributed by atoms with van der Waals surface area (Å²) in [5.74, 6) is -0.730. The quantitative estimate of drug-likeness (QED) is 0.451. The number of nitrogens with two attached hydrogens (primary N) is 1. The number of rotatable bonds is 5. The second kappa shape index (κ2) is 8.71. The normalized spacial score (nSPS) is 13.9. The Kier molecular flexibility index (Phi) is 5.60. The molecule has 5 rings (SSSR count). The lowest BCUT2D eigenvalue weighted by atomic mass is 10.1.